The van der Waals surface area contributed by atoms with Gasteiger partial charge >= 0.3 is 0 Å². The van der Waals surface area contributed by atoms with Crippen molar-refractivity contribution >= 4 is 17.2 Å². The third-order valence-corrected chi connectivity index (χ3v) is 3.62. The molecule has 0 fully saturated rings. The molecule has 0 amide bonds. The van der Waals surface area contributed by atoms with E-state index in [9.17, 15) is 4.79 Å². The van der Waals surface area contributed by atoms with Crippen LogP contribution in [0.2, 0.25) is 0 Å². The van der Waals surface area contributed by atoms with Gasteiger partial charge in [0, 0.05) is 17.9 Å². The van der Waals surface area contributed by atoms with E-state index in [1.165, 1.54) is 11.6 Å². The molecule has 3 rings (SSSR count). The van der Waals surface area contributed by atoms with Crippen LogP contribution >= 0.6 is 11.3 Å². The highest BCUT2D eigenvalue weighted by Crippen LogP contribution is 2.28. The Balaban J connectivity index is 2.02. The molecule has 0 unspecified atom stereocenters. The number of nitrogens with zero attached hydrogens (tertiary/aromatic N) is 3. The summed E-state index contributed by atoms with van der Waals surface area (Å²) in [5.74, 6) is -0.116. The molecule has 0 aliphatic heterocycles. The predicted molar refractivity (Wildman–Crippen MR) is 75.1 cm³/mol. The molecule has 94 valence electrons. The first kappa shape index (κ1) is 11.8. The summed E-state index contributed by atoms with van der Waals surface area (Å²) in [7, 11) is 0. The summed E-state index contributed by atoms with van der Waals surface area (Å²) in [5, 5.41) is 6.89. The maximum atomic E-state index is 11.5. The Bertz CT molecular complexity index is 715. The molecule has 4 nitrogen and oxygen atoms in total. The molecular weight excluding hydrogens is 258 g/mol. The van der Waals surface area contributed by atoms with Crippen LogP contribution in [0.25, 0.3) is 22.0 Å². The van der Waals surface area contributed by atoms with Gasteiger partial charge in [-0.1, -0.05) is 30.3 Å². The van der Waals surface area contributed by atoms with Crippen LogP contribution in [0.15, 0.2) is 48.0 Å². The first-order valence-electron chi connectivity index (χ1n) is 5.82. The van der Waals surface area contributed by atoms with Gasteiger partial charge < -0.3 is 0 Å². The van der Waals surface area contributed by atoms with Gasteiger partial charge in [0.2, 0.25) is 5.91 Å². The Hall–Kier alpha value is -2.27. The highest BCUT2D eigenvalue weighted by Gasteiger charge is 2.12. The number of thiazole rings is 1. The normalized spacial score (nSPS) is 10.6. The first-order chi connectivity index (χ1) is 9.25. The minimum Gasteiger partial charge on any atom is -0.273 e. The van der Waals surface area contributed by atoms with Gasteiger partial charge in [0.05, 0.1) is 11.9 Å². The molecule has 0 aliphatic rings. The third-order valence-electron chi connectivity index (χ3n) is 2.73. The quantitative estimate of drug-likeness (QED) is 0.717. The SMILES string of the molecule is CC(=O)n1nccc1-c1csc(-c2ccccc2)n1. The lowest BCUT2D eigenvalue weighted by Gasteiger charge is -1.99. The monoisotopic (exact) mass is 269 g/mol. The topological polar surface area (TPSA) is 47.8 Å². The Kier molecular flexibility index (Phi) is 2.97. The molecule has 3 aromatic rings. The van der Waals surface area contributed by atoms with Crippen molar-refractivity contribution < 1.29 is 4.79 Å². The summed E-state index contributed by atoms with van der Waals surface area (Å²) in [5.41, 5.74) is 2.58. The highest BCUT2D eigenvalue weighted by molar-refractivity contribution is 7.13. The van der Waals surface area contributed by atoms with Crippen molar-refractivity contribution in [3.63, 3.8) is 0 Å². The Morgan fingerprint density at radius 3 is 2.74 bits per heavy atom. The number of carbonyl (C=O) groups is 1. The number of carbonyl (C=O) groups excluding carboxylic acids is 1. The fourth-order valence-corrected chi connectivity index (χ4v) is 2.67. The summed E-state index contributed by atoms with van der Waals surface area (Å²) < 4.78 is 1.36. The van der Waals surface area contributed by atoms with E-state index in [4.69, 9.17) is 0 Å². The van der Waals surface area contributed by atoms with Crippen molar-refractivity contribution in [1.82, 2.24) is 14.8 Å². The Morgan fingerprint density at radius 1 is 1.21 bits per heavy atom. The average Bonchev–Trinajstić information content (AvgIpc) is 3.08. The largest absolute Gasteiger partial charge is 0.273 e. The molecule has 0 N–H and O–H groups in total. The Morgan fingerprint density at radius 2 is 2.00 bits per heavy atom. The van der Waals surface area contributed by atoms with Gasteiger partial charge in [-0.15, -0.1) is 11.3 Å². The maximum absolute atomic E-state index is 11.5. The second-order valence-electron chi connectivity index (χ2n) is 4.05. The van der Waals surface area contributed by atoms with Gasteiger partial charge in [0.25, 0.3) is 0 Å². The van der Waals surface area contributed by atoms with Gasteiger partial charge in [0.15, 0.2) is 0 Å². The number of hydrogen-bond acceptors (Lipinski definition) is 4. The molecule has 19 heavy (non-hydrogen) atoms. The average molecular weight is 269 g/mol. The van der Waals surface area contributed by atoms with Crippen molar-refractivity contribution in [1.29, 1.82) is 0 Å². The van der Waals surface area contributed by atoms with Crippen molar-refractivity contribution in [3.05, 3.63) is 48.0 Å². The molecule has 0 saturated heterocycles. The van der Waals surface area contributed by atoms with Gasteiger partial charge in [-0.3, -0.25) is 4.79 Å². The number of benzene rings is 1. The lowest BCUT2D eigenvalue weighted by atomic mass is 10.2. The predicted octanol–water partition coefficient (Wildman–Crippen LogP) is 3.33. The van der Waals surface area contributed by atoms with Crippen LogP contribution in [0.3, 0.4) is 0 Å². The molecular formula is C14H11N3OS. The summed E-state index contributed by atoms with van der Waals surface area (Å²) in [6.07, 6.45) is 1.61. The van der Waals surface area contributed by atoms with E-state index >= 15 is 0 Å². The minimum absolute atomic E-state index is 0.116. The molecule has 1 aromatic carbocycles. The van der Waals surface area contributed by atoms with Gasteiger partial charge in [-0.2, -0.15) is 9.78 Å². The zero-order valence-corrected chi connectivity index (χ0v) is 11.1. The van der Waals surface area contributed by atoms with Crippen LogP contribution in [-0.4, -0.2) is 20.7 Å². The van der Waals surface area contributed by atoms with Gasteiger partial charge in [-0.05, 0) is 6.07 Å². The summed E-state index contributed by atoms with van der Waals surface area (Å²) in [6.45, 7) is 1.49. The van der Waals surface area contributed by atoms with Crippen LogP contribution in [-0.2, 0) is 0 Å². The third kappa shape index (κ3) is 2.20. The number of hydrogen-bond donors (Lipinski definition) is 0. The van der Waals surface area contributed by atoms with Crippen LogP contribution in [0.5, 0.6) is 0 Å². The zero-order chi connectivity index (χ0) is 13.2. The molecule has 0 spiro atoms. The molecule has 5 heteroatoms. The smallest absolute Gasteiger partial charge is 0.244 e. The summed E-state index contributed by atoms with van der Waals surface area (Å²) >= 11 is 1.56. The minimum atomic E-state index is -0.116. The zero-order valence-electron chi connectivity index (χ0n) is 10.3. The van der Waals surface area contributed by atoms with Crippen LogP contribution in [0.1, 0.15) is 11.7 Å². The fourth-order valence-electron chi connectivity index (χ4n) is 1.85. The van der Waals surface area contributed by atoms with Crippen LogP contribution < -0.4 is 0 Å². The molecule has 0 radical (unpaired) electrons. The molecule has 0 atom stereocenters. The van der Waals surface area contributed by atoms with Crippen LogP contribution in [0, 0.1) is 0 Å². The molecule has 2 heterocycles. The van der Waals surface area contributed by atoms with Gasteiger partial charge in [0.1, 0.15) is 10.7 Å². The van der Waals surface area contributed by atoms with Crippen molar-refractivity contribution in [3.8, 4) is 22.0 Å². The van der Waals surface area contributed by atoms with Crippen molar-refractivity contribution in [2.24, 2.45) is 0 Å². The van der Waals surface area contributed by atoms with Gasteiger partial charge in [-0.25, -0.2) is 4.98 Å². The summed E-state index contributed by atoms with van der Waals surface area (Å²) in [6, 6.07) is 11.8. The Labute approximate surface area is 114 Å². The van der Waals surface area contributed by atoms with E-state index in [1.807, 2.05) is 35.7 Å². The van der Waals surface area contributed by atoms with E-state index in [1.54, 1.807) is 23.6 Å². The summed E-state index contributed by atoms with van der Waals surface area (Å²) in [4.78, 5) is 16.0. The standard InChI is InChI=1S/C14H11N3OS/c1-10(18)17-13(7-8-15-17)12-9-19-14(16-12)11-5-3-2-4-6-11/h2-9H,1H3. The second-order valence-corrected chi connectivity index (χ2v) is 4.91. The lowest BCUT2D eigenvalue weighted by molar-refractivity contribution is 0.0923. The molecule has 2 aromatic heterocycles. The van der Waals surface area contributed by atoms with Crippen molar-refractivity contribution in [2.45, 2.75) is 6.92 Å². The van der Waals surface area contributed by atoms with E-state index in [-0.39, 0.29) is 5.91 Å². The molecule has 0 aliphatic carbocycles. The molecule has 0 bridgehead atoms. The number of rotatable bonds is 2. The second kappa shape index (κ2) is 4.78. The highest BCUT2D eigenvalue weighted by atomic mass is 32.1. The fraction of sp³-hybridized carbons (Fsp3) is 0.0714. The number of aromatic nitrogens is 3. The van der Waals surface area contributed by atoms with Crippen LogP contribution in [0.4, 0.5) is 0 Å². The van der Waals surface area contributed by atoms with E-state index in [0.717, 1.165) is 22.0 Å². The van der Waals surface area contributed by atoms with E-state index in [0.29, 0.717) is 0 Å². The van der Waals surface area contributed by atoms with E-state index < -0.39 is 0 Å². The first-order valence-corrected chi connectivity index (χ1v) is 6.70. The lowest BCUT2D eigenvalue weighted by Crippen LogP contribution is -2.08. The van der Waals surface area contributed by atoms with E-state index in [2.05, 4.69) is 10.1 Å². The maximum Gasteiger partial charge on any atom is 0.244 e. The molecule has 0 saturated carbocycles. The van der Waals surface area contributed by atoms with Crippen molar-refractivity contribution in [2.75, 3.05) is 0 Å².